The molecule has 2 aromatic rings. The average molecular weight is 349 g/mol. The predicted octanol–water partition coefficient (Wildman–Crippen LogP) is 3.59. The molecule has 0 fully saturated rings. The molecular formula is C16H17BrN2O2. The lowest BCUT2D eigenvalue weighted by molar-refractivity contribution is 0.408. The first-order valence-corrected chi connectivity index (χ1v) is 7.25. The highest BCUT2D eigenvalue weighted by Gasteiger charge is 2.02. The van der Waals surface area contributed by atoms with Crippen molar-refractivity contribution in [1.29, 1.82) is 0 Å². The molecule has 0 spiro atoms. The summed E-state index contributed by atoms with van der Waals surface area (Å²) in [6.45, 7) is 0.594. The molecule has 0 atom stereocenters. The molecule has 0 bridgehead atoms. The first kappa shape index (κ1) is 15.4. The summed E-state index contributed by atoms with van der Waals surface area (Å²) in [6.07, 6.45) is 1.74. The number of hydrogen-bond donors (Lipinski definition) is 1. The molecule has 0 aromatic heterocycles. The first-order valence-electron chi connectivity index (χ1n) is 6.46. The molecule has 1 N–H and O–H groups in total. The van der Waals surface area contributed by atoms with E-state index >= 15 is 0 Å². The van der Waals surface area contributed by atoms with E-state index in [0.29, 0.717) is 6.54 Å². The number of nitrogens with zero attached hydrogens (tertiary/aromatic N) is 1. The minimum absolute atomic E-state index is 0.594. The van der Waals surface area contributed by atoms with Crippen LogP contribution in [0.25, 0.3) is 0 Å². The Bertz CT molecular complexity index is 629. The Morgan fingerprint density at radius 3 is 2.62 bits per heavy atom. The van der Waals surface area contributed by atoms with Crippen molar-refractivity contribution in [3.05, 3.63) is 58.1 Å². The summed E-state index contributed by atoms with van der Waals surface area (Å²) in [5.74, 6) is 1.63. The van der Waals surface area contributed by atoms with Gasteiger partial charge in [0, 0.05) is 15.6 Å². The average Bonchev–Trinajstić information content (AvgIpc) is 2.52. The highest BCUT2D eigenvalue weighted by molar-refractivity contribution is 9.10. The zero-order chi connectivity index (χ0) is 15.1. The normalized spacial score (nSPS) is 10.6. The van der Waals surface area contributed by atoms with Crippen LogP contribution >= 0.6 is 15.9 Å². The van der Waals surface area contributed by atoms with E-state index in [1.807, 2.05) is 42.5 Å². The molecule has 5 heteroatoms. The topological polar surface area (TPSA) is 42.8 Å². The standard InChI is InChI=1S/C16H17BrN2O2/c1-20-15-6-4-3-5-12(15)10-18-19-11-13-9-14(17)7-8-16(13)21-2/h3-9,11,18H,10H2,1-2H3/b19-11+. The Labute approximate surface area is 132 Å². The van der Waals surface area contributed by atoms with Crippen molar-refractivity contribution in [2.45, 2.75) is 6.54 Å². The van der Waals surface area contributed by atoms with Gasteiger partial charge in [-0.05, 0) is 24.3 Å². The van der Waals surface area contributed by atoms with Crippen LogP contribution in [0.1, 0.15) is 11.1 Å². The van der Waals surface area contributed by atoms with Crippen LogP contribution in [-0.4, -0.2) is 20.4 Å². The van der Waals surface area contributed by atoms with Crippen molar-refractivity contribution < 1.29 is 9.47 Å². The van der Waals surface area contributed by atoms with Crippen LogP contribution in [0.2, 0.25) is 0 Å². The maximum atomic E-state index is 5.29. The van der Waals surface area contributed by atoms with E-state index in [4.69, 9.17) is 9.47 Å². The van der Waals surface area contributed by atoms with Crippen molar-refractivity contribution in [3.8, 4) is 11.5 Å². The number of nitrogens with one attached hydrogen (secondary N) is 1. The number of halogens is 1. The maximum absolute atomic E-state index is 5.29. The number of hydrazone groups is 1. The van der Waals surface area contributed by atoms with Crippen molar-refractivity contribution in [1.82, 2.24) is 5.43 Å². The van der Waals surface area contributed by atoms with Crippen LogP contribution in [0.4, 0.5) is 0 Å². The van der Waals surface area contributed by atoms with E-state index in [2.05, 4.69) is 26.5 Å². The summed E-state index contributed by atoms with van der Waals surface area (Å²) in [6, 6.07) is 13.6. The molecule has 2 rings (SSSR count). The van der Waals surface area contributed by atoms with Gasteiger partial charge in [0.2, 0.25) is 0 Å². The van der Waals surface area contributed by atoms with Crippen LogP contribution in [0.5, 0.6) is 11.5 Å². The molecule has 21 heavy (non-hydrogen) atoms. The highest BCUT2D eigenvalue weighted by Crippen LogP contribution is 2.21. The van der Waals surface area contributed by atoms with E-state index in [1.165, 1.54) is 0 Å². The predicted molar refractivity (Wildman–Crippen MR) is 88.1 cm³/mol. The van der Waals surface area contributed by atoms with Gasteiger partial charge in [-0.2, -0.15) is 5.10 Å². The number of ether oxygens (including phenoxy) is 2. The van der Waals surface area contributed by atoms with Gasteiger partial charge in [0.15, 0.2) is 0 Å². The Kier molecular flexibility index (Phi) is 5.63. The summed E-state index contributed by atoms with van der Waals surface area (Å²) in [4.78, 5) is 0. The largest absolute Gasteiger partial charge is 0.496 e. The molecule has 0 radical (unpaired) electrons. The van der Waals surface area contributed by atoms with E-state index in [9.17, 15) is 0 Å². The molecule has 0 aliphatic carbocycles. The molecule has 0 saturated heterocycles. The van der Waals surface area contributed by atoms with Gasteiger partial charge in [-0.15, -0.1) is 0 Å². The molecule has 0 saturated carbocycles. The van der Waals surface area contributed by atoms with E-state index < -0.39 is 0 Å². The van der Waals surface area contributed by atoms with Crippen molar-refractivity contribution in [3.63, 3.8) is 0 Å². The second kappa shape index (κ2) is 7.69. The van der Waals surface area contributed by atoms with Gasteiger partial charge in [0.25, 0.3) is 0 Å². The summed E-state index contributed by atoms with van der Waals surface area (Å²) >= 11 is 3.44. The van der Waals surface area contributed by atoms with Gasteiger partial charge in [-0.1, -0.05) is 34.1 Å². The zero-order valence-electron chi connectivity index (χ0n) is 12.0. The summed E-state index contributed by atoms with van der Waals surface area (Å²) in [7, 11) is 3.30. The van der Waals surface area contributed by atoms with Crippen molar-refractivity contribution >= 4 is 22.1 Å². The second-order valence-corrected chi connectivity index (χ2v) is 5.21. The molecule has 4 nitrogen and oxygen atoms in total. The van der Waals surface area contributed by atoms with Crippen molar-refractivity contribution in [2.24, 2.45) is 5.10 Å². The van der Waals surface area contributed by atoms with Gasteiger partial charge in [0.05, 0.1) is 27.0 Å². The lowest BCUT2D eigenvalue weighted by Gasteiger charge is -2.08. The molecule has 2 aromatic carbocycles. The SMILES string of the molecule is COc1ccc(Br)cc1/C=N/NCc1ccccc1OC. The number of benzene rings is 2. The van der Waals surface area contributed by atoms with Gasteiger partial charge >= 0.3 is 0 Å². The van der Waals surface area contributed by atoms with Crippen molar-refractivity contribution in [2.75, 3.05) is 14.2 Å². The maximum Gasteiger partial charge on any atom is 0.127 e. The summed E-state index contributed by atoms with van der Waals surface area (Å²) < 4.78 is 11.6. The van der Waals surface area contributed by atoms with E-state index in [1.54, 1.807) is 20.4 Å². The van der Waals surface area contributed by atoms with Gasteiger partial charge in [-0.3, -0.25) is 0 Å². The van der Waals surface area contributed by atoms with Gasteiger partial charge in [0.1, 0.15) is 11.5 Å². The molecular weight excluding hydrogens is 332 g/mol. The van der Waals surface area contributed by atoms with Crippen LogP contribution in [0, 0.1) is 0 Å². The van der Waals surface area contributed by atoms with Gasteiger partial charge in [-0.25, -0.2) is 0 Å². The molecule has 0 unspecified atom stereocenters. The summed E-state index contributed by atoms with van der Waals surface area (Å²) in [5.41, 5.74) is 4.97. The molecule has 110 valence electrons. The first-order chi connectivity index (χ1) is 10.2. The number of rotatable bonds is 6. The fraction of sp³-hybridized carbons (Fsp3) is 0.188. The summed E-state index contributed by atoms with van der Waals surface area (Å²) in [5, 5.41) is 4.23. The smallest absolute Gasteiger partial charge is 0.127 e. The number of para-hydroxylation sites is 1. The number of methoxy groups -OCH3 is 2. The minimum Gasteiger partial charge on any atom is -0.496 e. The number of hydrogen-bond acceptors (Lipinski definition) is 4. The fourth-order valence-corrected chi connectivity index (χ4v) is 2.28. The van der Waals surface area contributed by atoms with Crippen LogP contribution in [0.15, 0.2) is 52.0 Å². The third kappa shape index (κ3) is 4.23. The fourth-order valence-electron chi connectivity index (χ4n) is 1.90. The van der Waals surface area contributed by atoms with Crippen LogP contribution in [0.3, 0.4) is 0 Å². The third-order valence-electron chi connectivity index (χ3n) is 2.95. The minimum atomic E-state index is 0.594. The van der Waals surface area contributed by atoms with E-state index in [0.717, 1.165) is 27.1 Å². The molecule has 0 amide bonds. The van der Waals surface area contributed by atoms with Crippen LogP contribution < -0.4 is 14.9 Å². The lowest BCUT2D eigenvalue weighted by Crippen LogP contribution is -2.07. The Morgan fingerprint density at radius 1 is 1.10 bits per heavy atom. The highest BCUT2D eigenvalue weighted by atomic mass is 79.9. The third-order valence-corrected chi connectivity index (χ3v) is 3.44. The van der Waals surface area contributed by atoms with E-state index in [-0.39, 0.29) is 0 Å². The molecule has 0 heterocycles. The Balaban J connectivity index is 2.01. The second-order valence-electron chi connectivity index (χ2n) is 4.29. The monoisotopic (exact) mass is 348 g/mol. The quantitative estimate of drug-likeness (QED) is 0.640. The lowest BCUT2D eigenvalue weighted by atomic mass is 10.2. The molecule has 0 aliphatic heterocycles. The Hall–Kier alpha value is -2.01. The molecule has 0 aliphatic rings. The van der Waals surface area contributed by atoms with Gasteiger partial charge < -0.3 is 14.9 Å². The zero-order valence-corrected chi connectivity index (χ0v) is 13.6. The van der Waals surface area contributed by atoms with Crippen LogP contribution in [-0.2, 0) is 6.54 Å². The Morgan fingerprint density at radius 2 is 1.86 bits per heavy atom.